The fraction of sp³-hybridized carbons (Fsp3) is 0.444. The van der Waals surface area contributed by atoms with Crippen LogP contribution < -0.4 is 10.2 Å². The molecule has 45 heavy (non-hydrogen) atoms. The quantitative estimate of drug-likeness (QED) is 0.114. The number of ether oxygens (including phenoxy) is 4. The minimum Gasteiger partial charge on any atom is -0.508 e. The summed E-state index contributed by atoms with van der Waals surface area (Å²) in [5, 5.41) is 121. The van der Waals surface area contributed by atoms with Crippen molar-refractivity contribution in [3.63, 3.8) is 0 Å². The van der Waals surface area contributed by atoms with E-state index >= 15 is 0 Å². The maximum absolute atomic E-state index is 13.6. The van der Waals surface area contributed by atoms with E-state index in [1.807, 2.05) is 0 Å². The lowest BCUT2D eigenvalue weighted by molar-refractivity contribution is -0.323. The molecule has 0 spiro atoms. The van der Waals surface area contributed by atoms with Gasteiger partial charge in [-0.1, -0.05) is 0 Å². The molecule has 0 amide bonds. The van der Waals surface area contributed by atoms with E-state index in [1.165, 1.54) is 0 Å². The smallest absolute Gasteiger partial charge is 0.239 e. The average Bonchev–Trinajstić information content (AvgIpc) is 2.99. The van der Waals surface area contributed by atoms with Crippen LogP contribution >= 0.6 is 0 Å². The van der Waals surface area contributed by atoms with Crippen LogP contribution in [0.1, 0.15) is 0 Å². The number of aliphatic hydroxyl groups excluding tert-OH is 7. The van der Waals surface area contributed by atoms with Gasteiger partial charge in [0, 0.05) is 17.7 Å². The standard InChI is InChI=1S/C27H30O18/c28-5-13-17(34)20(37)22(39)26(43-13)41-6-14-18(35)21(38)23(40)27(44-14)45-25-19(36)15-9(30)3-8(29)4-12(15)42-24(25)7-1-10(31)16(33)11(32)2-7/h1-4,13-14,17-18,20-23,26-35,37-40H,5-6H2/t13-,14-,17-,18+,20+,21+,22-,23-,26-,27+/m1/s1. The van der Waals surface area contributed by atoms with Crippen molar-refractivity contribution in [2.45, 2.75) is 61.4 Å². The lowest BCUT2D eigenvalue weighted by Crippen LogP contribution is -2.62. The van der Waals surface area contributed by atoms with Gasteiger partial charge in [-0.05, 0) is 12.1 Å². The monoisotopic (exact) mass is 642 g/mol. The Balaban J connectivity index is 1.49. The maximum Gasteiger partial charge on any atom is 0.239 e. The summed E-state index contributed by atoms with van der Waals surface area (Å²) in [7, 11) is 0. The number of benzene rings is 2. The van der Waals surface area contributed by atoms with Gasteiger partial charge < -0.3 is 84.6 Å². The molecule has 246 valence electrons. The number of hydrogen-bond donors (Lipinski definition) is 12. The SMILES string of the molecule is O=c1c(O[C@@H]2O[C@H](CO[C@@H]3O[C@H](CO)[C@@H](O)[C@H](O)[C@H]3O)[C@H](O)[C@H](O)[C@H]2O)c(-c2cc(O)c(O)c(O)c2)oc2cc(O)cc(O)c12. The highest BCUT2D eigenvalue weighted by atomic mass is 16.7. The van der Waals surface area contributed by atoms with Crippen molar-refractivity contribution in [1.82, 2.24) is 0 Å². The Morgan fingerprint density at radius 1 is 0.689 bits per heavy atom. The largest absolute Gasteiger partial charge is 0.508 e. The van der Waals surface area contributed by atoms with Crippen LogP contribution in [0.25, 0.3) is 22.3 Å². The van der Waals surface area contributed by atoms with E-state index < -0.39 is 131 Å². The fourth-order valence-corrected chi connectivity index (χ4v) is 4.96. The van der Waals surface area contributed by atoms with Crippen LogP contribution in [0.4, 0.5) is 0 Å². The minimum absolute atomic E-state index is 0.284. The van der Waals surface area contributed by atoms with Crippen molar-refractivity contribution in [2.24, 2.45) is 0 Å². The van der Waals surface area contributed by atoms with E-state index in [9.17, 15) is 66.1 Å². The molecule has 2 aliphatic rings. The van der Waals surface area contributed by atoms with Crippen LogP contribution in [0.15, 0.2) is 33.5 Å². The highest BCUT2D eigenvalue weighted by molar-refractivity contribution is 5.88. The summed E-state index contributed by atoms with van der Waals surface area (Å²) in [5.41, 5.74) is -1.80. The van der Waals surface area contributed by atoms with E-state index in [2.05, 4.69) is 0 Å². The third-order valence-corrected chi connectivity index (χ3v) is 7.43. The second kappa shape index (κ2) is 12.4. The predicted molar refractivity (Wildman–Crippen MR) is 143 cm³/mol. The molecule has 0 aliphatic carbocycles. The van der Waals surface area contributed by atoms with Crippen molar-refractivity contribution in [3.05, 3.63) is 34.5 Å². The van der Waals surface area contributed by atoms with Gasteiger partial charge in [0.05, 0.1) is 13.2 Å². The molecule has 0 saturated carbocycles. The van der Waals surface area contributed by atoms with Crippen LogP contribution in [-0.2, 0) is 14.2 Å². The molecular weight excluding hydrogens is 612 g/mol. The van der Waals surface area contributed by atoms with Gasteiger partial charge in [0.1, 0.15) is 71.3 Å². The molecule has 0 radical (unpaired) electrons. The summed E-state index contributed by atoms with van der Waals surface area (Å²) < 4.78 is 27.5. The van der Waals surface area contributed by atoms with Crippen LogP contribution in [0.3, 0.4) is 0 Å². The first-order valence-electron chi connectivity index (χ1n) is 13.3. The number of aliphatic hydroxyl groups is 7. The molecule has 5 rings (SSSR count). The molecule has 12 N–H and O–H groups in total. The zero-order valence-corrected chi connectivity index (χ0v) is 22.8. The summed E-state index contributed by atoms with van der Waals surface area (Å²) in [4.78, 5) is 13.6. The molecule has 3 heterocycles. The maximum atomic E-state index is 13.6. The zero-order valence-electron chi connectivity index (χ0n) is 22.8. The average molecular weight is 643 g/mol. The molecule has 18 heteroatoms. The molecule has 1 aromatic heterocycles. The molecule has 10 atom stereocenters. The number of phenols is 5. The van der Waals surface area contributed by atoms with Crippen LogP contribution in [0.2, 0.25) is 0 Å². The normalized spacial score (nSPS) is 32.1. The number of aromatic hydroxyl groups is 5. The first-order chi connectivity index (χ1) is 21.2. The lowest BCUT2D eigenvalue weighted by Gasteiger charge is -2.42. The predicted octanol–water partition coefficient (Wildman–Crippen LogP) is -3.01. The summed E-state index contributed by atoms with van der Waals surface area (Å²) in [6.07, 6.45) is -17.8. The second-order valence-corrected chi connectivity index (χ2v) is 10.5. The van der Waals surface area contributed by atoms with E-state index in [-0.39, 0.29) is 5.56 Å². The van der Waals surface area contributed by atoms with Gasteiger partial charge in [-0.25, -0.2) is 0 Å². The van der Waals surface area contributed by atoms with E-state index in [0.717, 1.165) is 24.3 Å². The number of rotatable bonds is 7. The molecule has 2 fully saturated rings. The van der Waals surface area contributed by atoms with Crippen molar-refractivity contribution < 1.29 is 84.6 Å². The molecule has 2 saturated heterocycles. The van der Waals surface area contributed by atoms with E-state index in [1.54, 1.807) is 0 Å². The van der Waals surface area contributed by atoms with Crippen molar-refractivity contribution >= 4 is 11.0 Å². The first-order valence-corrected chi connectivity index (χ1v) is 13.3. The molecule has 2 aliphatic heterocycles. The van der Waals surface area contributed by atoms with Gasteiger partial charge in [-0.15, -0.1) is 0 Å². The van der Waals surface area contributed by atoms with Crippen LogP contribution in [-0.4, -0.2) is 136 Å². The van der Waals surface area contributed by atoms with Gasteiger partial charge >= 0.3 is 0 Å². The van der Waals surface area contributed by atoms with E-state index in [4.69, 9.17) is 23.4 Å². The fourth-order valence-electron chi connectivity index (χ4n) is 4.96. The Morgan fingerprint density at radius 2 is 1.27 bits per heavy atom. The van der Waals surface area contributed by atoms with Gasteiger partial charge in [0.2, 0.25) is 17.5 Å². The number of phenolic OH excluding ortho intramolecular Hbond substituents is 5. The Labute approximate surface area is 250 Å². The van der Waals surface area contributed by atoms with Crippen LogP contribution in [0, 0.1) is 0 Å². The van der Waals surface area contributed by atoms with Crippen molar-refractivity contribution in [2.75, 3.05) is 13.2 Å². The molecule has 3 aromatic rings. The molecule has 18 nitrogen and oxygen atoms in total. The third kappa shape index (κ3) is 5.91. The van der Waals surface area contributed by atoms with Crippen molar-refractivity contribution in [3.8, 4) is 45.8 Å². The molecular formula is C27H30O18. The first kappa shape index (κ1) is 32.4. The van der Waals surface area contributed by atoms with Gasteiger partial charge in [-0.2, -0.15) is 0 Å². The second-order valence-electron chi connectivity index (χ2n) is 10.5. The zero-order chi connectivity index (χ0) is 32.9. The summed E-state index contributed by atoms with van der Waals surface area (Å²) in [6.45, 7) is -1.47. The third-order valence-electron chi connectivity index (χ3n) is 7.43. The lowest BCUT2D eigenvalue weighted by atomic mass is 9.98. The van der Waals surface area contributed by atoms with Gasteiger partial charge in [0.25, 0.3) is 0 Å². The van der Waals surface area contributed by atoms with E-state index in [0.29, 0.717) is 0 Å². The highest BCUT2D eigenvalue weighted by Gasteiger charge is 2.48. The molecule has 0 unspecified atom stereocenters. The van der Waals surface area contributed by atoms with Crippen molar-refractivity contribution in [1.29, 1.82) is 0 Å². The van der Waals surface area contributed by atoms with Gasteiger partial charge in [0.15, 0.2) is 29.3 Å². The Morgan fingerprint density at radius 3 is 1.89 bits per heavy atom. The van der Waals surface area contributed by atoms with Gasteiger partial charge in [-0.3, -0.25) is 4.79 Å². The minimum atomic E-state index is -2.05. The molecule has 2 aromatic carbocycles. The number of hydrogen-bond acceptors (Lipinski definition) is 18. The Kier molecular flexibility index (Phi) is 8.97. The topological polar surface area (TPSA) is 310 Å². The Bertz CT molecular complexity index is 1580. The Hall–Kier alpha value is -3.95. The highest BCUT2D eigenvalue weighted by Crippen LogP contribution is 2.43. The van der Waals surface area contributed by atoms with Crippen LogP contribution in [0.5, 0.6) is 34.5 Å². The summed E-state index contributed by atoms with van der Waals surface area (Å²) in [5.74, 6) is -5.28. The number of fused-ring (bicyclic) bond motifs is 1. The summed E-state index contributed by atoms with van der Waals surface area (Å²) >= 11 is 0. The molecule has 0 bridgehead atoms. The summed E-state index contributed by atoms with van der Waals surface area (Å²) in [6, 6.07) is 3.51.